The average molecular weight is 487 g/mol. The number of fused-ring (bicyclic) bond motifs is 1. The normalized spacial score (nSPS) is 11.4. The van der Waals surface area contributed by atoms with Gasteiger partial charge in [-0.2, -0.15) is 0 Å². The topological polar surface area (TPSA) is 63.5 Å². The molecule has 0 atom stereocenters. The number of guanidine groups is 1. The molecule has 0 amide bonds. The predicted octanol–water partition coefficient (Wildman–Crippen LogP) is 3.72. The van der Waals surface area contributed by atoms with Gasteiger partial charge in [-0.1, -0.05) is 25.5 Å². The van der Waals surface area contributed by atoms with Crippen molar-refractivity contribution in [3.8, 4) is 0 Å². The van der Waals surface area contributed by atoms with Crippen LogP contribution in [0.15, 0.2) is 29.3 Å². The van der Waals surface area contributed by atoms with Crippen molar-refractivity contribution in [1.82, 2.24) is 20.2 Å². The quantitative estimate of drug-likeness (QED) is 0.220. The highest BCUT2D eigenvalue weighted by atomic mass is 127. The zero-order chi connectivity index (χ0) is 18.6. The number of nitrogens with one attached hydrogen (secondary N) is 2. The monoisotopic (exact) mass is 487 g/mol. The third-order valence-corrected chi connectivity index (χ3v) is 4.32. The third-order valence-electron chi connectivity index (χ3n) is 4.32. The minimum absolute atomic E-state index is 0. The number of aromatic nitrogens is 2. The van der Waals surface area contributed by atoms with Gasteiger partial charge >= 0.3 is 0 Å². The van der Waals surface area contributed by atoms with E-state index in [0.717, 1.165) is 69.4 Å². The number of aliphatic imine (C=N–C) groups is 1. The first-order valence-electron chi connectivity index (χ1n) is 9.70. The summed E-state index contributed by atoms with van der Waals surface area (Å²) in [6.07, 6.45) is 4.33. The maximum Gasteiger partial charge on any atom is 0.190 e. The first kappa shape index (κ1) is 23.7. The van der Waals surface area contributed by atoms with Crippen LogP contribution in [0.4, 0.5) is 0 Å². The first-order valence-corrected chi connectivity index (χ1v) is 9.70. The molecule has 7 heteroatoms. The van der Waals surface area contributed by atoms with Crippen molar-refractivity contribution in [3.05, 3.63) is 30.1 Å². The molecule has 1 heterocycles. The standard InChI is InChI=1S/C20H33N5O.HI/c1-4-5-15-26-16-9-13-23-20(21-3)22-12-8-14-25-17(2)24-18-10-6-7-11-19(18)25;/h6-7,10-11H,4-5,8-9,12-16H2,1-3H3,(H2,21,22,23);1H. The number of nitrogens with zero attached hydrogens (tertiary/aromatic N) is 3. The maximum atomic E-state index is 5.57. The first-order chi connectivity index (χ1) is 12.8. The van der Waals surface area contributed by atoms with E-state index in [4.69, 9.17) is 4.74 Å². The predicted molar refractivity (Wildman–Crippen MR) is 124 cm³/mol. The summed E-state index contributed by atoms with van der Waals surface area (Å²) in [5, 5.41) is 6.71. The largest absolute Gasteiger partial charge is 0.381 e. The lowest BCUT2D eigenvalue weighted by Crippen LogP contribution is -2.38. The van der Waals surface area contributed by atoms with Crippen molar-refractivity contribution >= 4 is 41.0 Å². The number of aryl methyl sites for hydroxylation is 2. The van der Waals surface area contributed by atoms with E-state index in [0.29, 0.717) is 0 Å². The van der Waals surface area contributed by atoms with Crippen LogP contribution in [-0.4, -0.2) is 48.9 Å². The second-order valence-electron chi connectivity index (χ2n) is 6.40. The Morgan fingerprint density at radius 2 is 1.81 bits per heavy atom. The molecule has 1 aromatic carbocycles. The molecular formula is C20H34IN5O. The molecule has 0 saturated carbocycles. The summed E-state index contributed by atoms with van der Waals surface area (Å²) in [6, 6.07) is 8.29. The molecular weight excluding hydrogens is 453 g/mol. The van der Waals surface area contributed by atoms with E-state index in [-0.39, 0.29) is 24.0 Å². The minimum Gasteiger partial charge on any atom is -0.381 e. The molecule has 27 heavy (non-hydrogen) atoms. The molecule has 2 aromatic rings. The molecule has 1 aromatic heterocycles. The van der Waals surface area contributed by atoms with Crippen LogP contribution in [0.3, 0.4) is 0 Å². The van der Waals surface area contributed by atoms with Gasteiger partial charge in [0.25, 0.3) is 0 Å². The molecule has 152 valence electrons. The number of unbranched alkanes of at least 4 members (excludes halogenated alkanes) is 1. The average Bonchev–Trinajstić information content (AvgIpc) is 2.98. The SMILES string of the molecule is CCCCOCCCNC(=NC)NCCCn1c(C)nc2ccccc21.I. The van der Waals surface area contributed by atoms with Gasteiger partial charge in [0, 0.05) is 39.9 Å². The lowest BCUT2D eigenvalue weighted by molar-refractivity contribution is 0.129. The highest BCUT2D eigenvalue weighted by Gasteiger charge is 2.06. The Labute approximate surface area is 180 Å². The van der Waals surface area contributed by atoms with Gasteiger partial charge < -0.3 is 19.9 Å². The number of hydrogen-bond acceptors (Lipinski definition) is 3. The zero-order valence-electron chi connectivity index (χ0n) is 16.8. The van der Waals surface area contributed by atoms with Gasteiger partial charge in [0.05, 0.1) is 11.0 Å². The fourth-order valence-corrected chi connectivity index (χ4v) is 2.87. The van der Waals surface area contributed by atoms with Crippen LogP contribution >= 0.6 is 24.0 Å². The molecule has 0 bridgehead atoms. The molecule has 2 rings (SSSR count). The molecule has 0 aliphatic rings. The van der Waals surface area contributed by atoms with E-state index in [1.807, 2.05) is 6.07 Å². The Balaban J connectivity index is 0.00000364. The highest BCUT2D eigenvalue weighted by Crippen LogP contribution is 2.15. The number of para-hydroxylation sites is 2. The molecule has 0 radical (unpaired) electrons. The van der Waals surface area contributed by atoms with Crippen molar-refractivity contribution in [2.75, 3.05) is 33.4 Å². The summed E-state index contributed by atoms with van der Waals surface area (Å²) < 4.78 is 7.85. The Kier molecular flexibility index (Phi) is 12.1. The van der Waals surface area contributed by atoms with Crippen molar-refractivity contribution in [2.45, 2.75) is 46.1 Å². The Hall–Kier alpha value is -1.35. The van der Waals surface area contributed by atoms with Gasteiger partial charge in [-0.3, -0.25) is 4.99 Å². The van der Waals surface area contributed by atoms with Crippen molar-refractivity contribution < 1.29 is 4.74 Å². The van der Waals surface area contributed by atoms with Crippen LogP contribution in [0.1, 0.15) is 38.4 Å². The molecule has 0 aliphatic carbocycles. The second-order valence-corrected chi connectivity index (χ2v) is 6.40. The van der Waals surface area contributed by atoms with E-state index in [2.05, 4.69) is 57.2 Å². The van der Waals surface area contributed by atoms with Gasteiger partial charge in [0.15, 0.2) is 5.96 Å². The lowest BCUT2D eigenvalue weighted by atomic mass is 10.3. The number of hydrogen-bond donors (Lipinski definition) is 2. The summed E-state index contributed by atoms with van der Waals surface area (Å²) >= 11 is 0. The van der Waals surface area contributed by atoms with Crippen LogP contribution < -0.4 is 10.6 Å². The van der Waals surface area contributed by atoms with Crippen LogP contribution in [0.25, 0.3) is 11.0 Å². The van der Waals surface area contributed by atoms with Crippen LogP contribution in [0, 0.1) is 6.92 Å². The molecule has 0 aliphatic heterocycles. The van der Waals surface area contributed by atoms with Crippen molar-refractivity contribution in [1.29, 1.82) is 0 Å². The third kappa shape index (κ3) is 8.04. The van der Waals surface area contributed by atoms with Gasteiger partial charge in [0.2, 0.25) is 0 Å². The van der Waals surface area contributed by atoms with Gasteiger partial charge in [-0.25, -0.2) is 4.98 Å². The summed E-state index contributed by atoms with van der Waals surface area (Å²) in [4.78, 5) is 8.89. The number of benzene rings is 1. The van der Waals surface area contributed by atoms with E-state index >= 15 is 0 Å². The number of halogens is 1. The molecule has 0 fully saturated rings. The number of ether oxygens (including phenoxy) is 1. The Morgan fingerprint density at radius 1 is 1.11 bits per heavy atom. The van der Waals surface area contributed by atoms with Gasteiger partial charge in [-0.15, -0.1) is 24.0 Å². The molecule has 0 spiro atoms. The fraction of sp³-hybridized carbons (Fsp3) is 0.600. The summed E-state index contributed by atoms with van der Waals surface area (Å²) in [6.45, 7) is 8.60. The molecule has 6 nitrogen and oxygen atoms in total. The lowest BCUT2D eigenvalue weighted by Gasteiger charge is -2.12. The Bertz CT molecular complexity index is 686. The number of rotatable bonds is 11. The second kappa shape index (κ2) is 13.8. The summed E-state index contributed by atoms with van der Waals surface area (Å²) in [7, 11) is 1.81. The molecule has 2 N–H and O–H groups in total. The Morgan fingerprint density at radius 3 is 2.56 bits per heavy atom. The van der Waals surface area contributed by atoms with Crippen LogP contribution in [0.2, 0.25) is 0 Å². The van der Waals surface area contributed by atoms with Gasteiger partial charge in [0.1, 0.15) is 5.82 Å². The zero-order valence-corrected chi connectivity index (χ0v) is 19.2. The van der Waals surface area contributed by atoms with Crippen LogP contribution in [-0.2, 0) is 11.3 Å². The van der Waals surface area contributed by atoms with Crippen LogP contribution in [0.5, 0.6) is 0 Å². The summed E-state index contributed by atoms with van der Waals surface area (Å²) in [5.41, 5.74) is 2.27. The van der Waals surface area contributed by atoms with E-state index in [9.17, 15) is 0 Å². The maximum absolute atomic E-state index is 5.57. The number of imidazole rings is 1. The van der Waals surface area contributed by atoms with E-state index < -0.39 is 0 Å². The van der Waals surface area contributed by atoms with Gasteiger partial charge in [-0.05, 0) is 38.3 Å². The van der Waals surface area contributed by atoms with E-state index in [1.54, 1.807) is 7.05 Å². The summed E-state index contributed by atoms with van der Waals surface area (Å²) in [5.74, 6) is 1.92. The minimum atomic E-state index is 0. The van der Waals surface area contributed by atoms with Crippen molar-refractivity contribution in [2.24, 2.45) is 4.99 Å². The highest BCUT2D eigenvalue weighted by molar-refractivity contribution is 14.0. The fourth-order valence-electron chi connectivity index (χ4n) is 2.87. The molecule has 0 unspecified atom stereocenters. The van der Waals surface area contributed by atoms with Crippen molar-refractivity contribution in [3.63, 3.8) is 0 Å². The molecule has 0 saturated heterocycles. The van der Waals surface area contributed by atoms with E-state index in [1.165, 1.54) is 11.9 Å². The smallest absolute Gasteiger partial charge is 0.190 e.